The first-order valence-electron chi connectivity index (χ1n) is 6.90. The first kappa shape index (κ1) is 16.9. The number of unbranched alkanes of at least 4 members (excludes halogenated alkanes) is 4. The molecule has 0 heterocycles. The molecule has 4 heteroatoms. The third-order valence-electron chi connectivity index (χ3n) is 3.07. The van der Waals surface area contributed by atoms with Gasteiger partial charge in [0.2, 0.25) is 0 Å². The summed E-state index contributed by atoms with van der Waals surface area (Å²) in [5.41, 5.74) is 0. The molecule has 1 unspecified atom stereocenters. The van der Waals surface area contributed by atoms with Crippen LogP contribution >= 0.6 is 0 Å². The first-order chi connectivity index (χ1) is 8.02. The number of rotatable bonds is 11. The van der Waals surface area contributed by atoms with Crippen molar-refractivity contribution in [3.63, 3.8) is 0 Å². The highest BCUT2D eigenvalue weighted by atomic mass is 32.2. The van der Waals surface area contributed by atoms with E-state index in [-0.39, 0.29) is 17.6 Å². The molecule has 0 aliphatic heterocycles. The van der Waals surface area contributed by atoms with Gasteiger partial charge in [-0.15, -0.1) is 0 Å². The van der Waals surface area contributed by atoms with E-state index < -0.39 is 9.84 Å². The second-order valence-corrected chi connectivity index (χ2v) is 7.21. The lowest BCUT2D eigenvalue weighted by Gasteiger charge is -2.10. The highest BCUT2D eigenvalue weighted by Crippen LogP contribution is 2.11. The number of aliphatic hydroxyl groups excluding tert-OH is 1. The van der Waals surface area contributed by atoms with Crippen LogP contribution in [0.2, 0.25) is 0 Å². The Hall–Kier alpha value is -0.0900. The van der Waals surface area contributed by atoms with E-state index in [9.17, 15) is 13.5 Å². The van der Waals surface area contributed by atoms with Crippen LogP contribution in [-0.4, -0.2) is 31.1 Å². The average molecular weight is 264 g/mol. The summed E-state index contributed by atoms with van der Waals surface area (Å²) < 4.78 is 22.5. The van der Waals surface area contributed by atoms with Crippen LogP contribution in [0.5, 0.6) is 0 Å². The lowest BCUT2D eigenvalue weighted by Crippen LogP contribution is -2.12. The van der Waals surface area contributed by atoms with Gasteiger partial charge in [0.25, 0.3) is 0 Å². The van der Waals surface area contributed by atoms with Gasteiger partial charge >= 0.3 is 0 Å². The minimum absolute atomic E-state index is 0.208. The quantitative estimate of drug-likeness (QED) is 0.584. The molecule has 0 saturated heterocycles. The summed E-state index contributed by atoms with van der Waals surface area (Å²) in [6, 6.07) is 0. The van der Waals surface area contributed by atoms with E-state index in [0.29, 0.717) is 12.8 Å². The predicted molar refractivity (Wildman–Crippen MR) is 72.9 cm³/mol. The highest BCUT2D eigenvalue weighted by Gasteiger charge is 2.09. The summed E-state index contributed by atoms with van der Waals surface area (Å²) in [5.74, 6) is 0.427. The Bertz CT molecular complexity index is 260. The molecule has 0 fully saturated rings. The summed E-state index contributed by atoms with van der Waals surface area (Å²) in [6.07, 6.45) is 7.69. The SMILES string of the molecule is CCCCCCCC(O)CCCS(=O)(=O)CC. The van der Waals surface area contributed by atoms with E-state index in [0.717, 1.165) is 12.8 Å². The second kappa shape index (κ2) is 9.89. The summed E-state index contributed by atoms with van der Waals surface area (Å²) in [7, 11) is -2.86. The predicted octanol–water partition coefficient (Wildman–Crippen LogP) is 2.92. The molecule has 1 N–H and O–H groups in total. The van der Waals surface area contributed by atoms with Crippen LogP contribution < -0.4 is 0 Å². The molecule has 3 nitrogen and oxygen atoms in total. The molecule has 17 heavy (non-hydrogen) atoms. The van der Waals surface area contributed by atoms with Crippen LogP contribution in [0.3, 0.4) is 0 Å². The van der Waals surface area contributed by atoms with Crippen molar-refractivity contribution >= 4 is 9.84 Å². The normalized spacial score (nSPS) is 13.8. The Morgan fingerprint density at radius 1 is 0.941 bits per heavy atom. The summed E-state index contributed by atoms with van der Waals surface area (Å²) in [4.78, 5) is 0. The zero-order chi connectivity index (χ0) is 13.1. The monoisotopic (exact) mass is 264 g/mol. The van der Waals surface area contributed by atoms with Gasteiger partial charge in [0.05, 0.1) is 11.9 Å². The van der Waals surface area contributed by atoms with E-state index in [1.807, 2.05) is 0 Å². The zero-order valence-corrected chi connectivity index (χ0v) is 12.1. The van der Waals surface area contributed by atoms with Gasteiger partial charge in [-0.2, -0.15) is 0 Å². The van der Waals surface area contributed by atoms with Crippen molar-refractivity contribution in [2.75, 3.05) is 11.5 Å². The third kappa shape index (κ3) is 10.8. The van der Waals surface area contributed by atoms with Gasteiger partial charge in [0, 0.05) is 5.75 Å². The lowest BCUT2D eigenvalue weighted by molar-refractivity contribution is 0.150. The number of hydrogen-bond donors (Lipinski definition) is 1. The summed E-state index contributed by atoms with van der Waals surface area (Å²) >= 11 is 0. The fourth-order valence-corrected chi connectivity index (χ4v) is 2.71. The van der Waals surface area contributed by atoms with Crippen LogP contribution in [-0.2, 0) is 9.84 Å². The zero-order valence-electron chi connectivity index (χ0n) is 11.3. The molecular formula is C13H28O3S. The van der Waals surface area contributed by atoms with Gasteiger partial charge in [0.15, 0.2) is 0 Å². The molecule has 104 valence electrons. The summed E-state index contributed by atoms with van der Waals surface area (Å²) in [5, 5.41) is 9.68. The molecule has 0 aromatic heterocycles. The van der Waals surface area contributed by atoms with Gasteiger partial charge in [-0.1, -0.05) is 46.0 Å². The fourth-order valence-electron chi connectivity index (χ4n) is 1.81. The van der Waals surface area contributed by atoms with Crippen molar-refractivity contribution in [3.05, 3.63) is 0 Å². The number of hydrogen-bond acceptors (Lipinski definition) is 3. The van der Waals surface area contributed by atoms with Crippen molar-refractivity contribution in [2.45, 2.75) is 71.3 Å². The van der Waals surface area contributed by atoms with Crippen LogP contribution in [0.25, 0.3) is 0 Å². The van der Waals surface area contributed by atoms with Gasteiger partial charge in [-0.05, 0) is 19.3 Å². The van der Waals surface area contributed by atoms with E-state index in [2.05, 4.69) is 6.92 Å². The largest absolute Gasteiger partial charge is 0.393 e. The molecular weight excluding hydrogens is 236 g/mol. The topological polar surface area (TPSA) is 54.4 Å². The van der Waals surface area contributed by atoms with Gasteiger partial charge in [-0.25, -0.2) is 8.42 Å². The molecule has 0 aromatic rings. The Morgan fingerprint density at radius 2 is 1.53 bits per heavy atom. The van der Waals surface area contributed by atoms with E-state index in [1.165, 1.54) is 25.7 Å². The maximum atomic E-state index is 11.2. The molecule has 0 radical (unpaired) electrons. The van der Waals surface area contributed by atoms with Crippen LogP contribution in [0.15, 0.2) is 0 Å². The smallest absolute Gasteiger partial charge is 0.150 e. The summed E-state index contributed by atoms with van der Waals surface area (Å²) in [6.45, 7) is 3.85. The molecule has 0 bridgehead atoms. The fraction of sp³-hybridized carbons (Fsp3) is 1.00. The lowest BCUT2D eigenvalue weighted by atomic mass is 10.1. The van der Waals surface area contributed by atoms with Crippen molar-refractivity contribution < 1.29 is 13.5 Å². The van der Waals surface area contributed by atoms with Crippen molar-refractivity contribution in [1.29, 1.82) is 0 Å². The first-order valence-corrected chi connectivity index (χ1v) is 8.72. The third-order valence-corrected chi connectivity index (χ3v) is 4.86. The Labute approximate surface area is 107 Å². The van der Waals surface area contributed by atoms with E-state index >= 15 is 0 Å². The number of sulfone groups is 1. The average Bonchev–Trinajstić information content (AvgIpc) is 2.28. The molecule has 0 amide bonds. The van der Waals surface area contributed by atoms with Gasteiger partial charge < -0.3 is 5.11 Å². The van der Waals surface area contributed by atoms with Crippen molar-refractivity contribution in [2.24, 2.45) is 0 Å². The maximum absolute atomic E-state index is 11.2. The minimum atomic E-state index is -2.86. The standard InChI is InChI=1S/C13H28O3S/c1-3-5-6-7-8-10-13(14)11-9-12-17(15,16)4-2/h13-14H,3-12H2,1-2H3. The van der Waals surface area contributed by atoms with Crippen LogP contribution in [0.4, 0.5) is 0 Å². The molecule has 1 atom stereocenters. The Kier molecular flexibility index (Phi) is 9.84. The number of aliphatic hydroxyl groups is 1. The van der Waals surface area contributed by atoms with Gasteiger partial charge in [-0.3, -0.25) is 0 Å². The molecule has 0 aliphatic carbocycles. The Balaban J connectivity index is 3.44. The maximum Gasteiger partial charge on any atom is 0.150 e. The second-order valence-electron chi connectivity index (χ2n) is 4.74. The molecule has 0 rings (SSSR count). The molecule has 0 saturated carbocycles. The minimum Gasteiger partial charge on any atom is -0.393 e. The van der Waals surface area contributed by atoms with Crippen molar-refractivity contribution in [3.8, 4) is 0 Å². The molecule has 0 spiro atoms. The highest BCUT2D eigenvalue weighted by molar-refractivity contribution is 7.91. The van der Waals surface area contributed by atoms with E-state index in [1.54, 1.807) is 6.92 Å². The Morgan fingerprint density at radius 3 is 2.12 bits per heavy atom. The van der Waals surface area contributed by atoms with Crippen LogP contribution in [0, 0.1) is 0 Å². The van der Waals surface area contributed by atoms with Gasteiger partial charge in [0.1, 0.15) is 9.84 Å². The van der Waals surface area contributed by atoms with Crippen molar-refractivity contribution in [1.82, 2.24) is 0 Å². The molecule has 0 aromatic carbocycles. The molecule has 0 aliphatic rings. The van der Waals surface area contributed by atoms with E-state index in [4.69, 9.17) is 0 Å². The van der Waals surface area contributed by atoms with Crippen LogP contribution in [0.1, 0.15) is 65.2 Å².